The average Bonchev–Trinajstić information content (AvgIpc) is 2.57. The Bertz CT molecular complexity index is 678. The lowest BCUT2D eigenvalue weighted by Gasteiger charge is -2.10. The van der Waals surface area contributed by atoms with Crippen LogP contribution in [0.4, 0.5) is 10.5 Å². The maximum Gasteiger partial charge on any atom is 0.319 e. The Morgan fingerprint density at radius 2 is 1.71 bits per heavy atom. The molecule has 0 heterocycles. The van der Waals surface area contributed by atoms with Crippen LogP contribution in [0.2, 0.25) is 10.0 Å². The van der Waals surface area contributed by atoms with Gasteiger partial charge in [0.05, 0.1) is 23.9 Å². The summed E-state index contributed by atoms with van der Waals surface area (Å²) in [6, 6.07) is 11.8. The maximum absolute atomic E-state index is 11.8. The predicted molar refractivity (Wildman–Crippen MR) is 96.6 cm³/mol. The highest BCUT2D eigenvalue weighted by molar-refractivity contribution is 6.35. The third-order valence-electron chi connectivity index (χ3n) is 2.97. The molecule has 0 fully saturated rings. The van der Waals surface area contributed by atoms with E-state index in [-0.39, 0.29) is 6.03 Å². The molecule has 0 spiro atoms. The lowest BCUT2D eigenvalue weighted by molar-refractivity contribution is 0.247. The fourth-order valence-corrected chi connectivity index (χ4v) is 2.23. The van der Waals surface area contributed by atoms with Crippen molar-refractivity contribution in [1.29, 1.82) is 0 Å². The number of nitrogens with one attached hydrogen (secondary N) is 2. The Labute approximate surface area is 150 Å². The van der Waals surface area contributed by atoms with E-state index in [1.54, 1.807) is 18.2 Å². The SMILES string of the molecule is CCOc1ccc(OCCNC(=O)Nc2cc(Cl)ccc2Cl)cc1. The monoisotopic (exact) mass is 368 g/mol. The molecule has 0 unspecified atom stereocenters. The molecular weight excluding hydrogens is 351 g/mol. The number of benzene rings is 2. The molecule has 2 N–H and O–H groups in total. The number of ether oxygens (including phenoxy) is 2. The number of carbonyl (C=O) groups excluding carboxylic acids is 1. The molecular formula is C17H18Cl2N2O3. The second-order valence-corrected chi connectivity index (χ2v) is 5.60. The number of anilines is 1. The number of hydrogen-bond donors (Lipinski definition) is 2. The quantitative estimate of drug-likeness (QED) is 0.702. The van der Waals surface area contributed by atoms with Gasteiger partial charge in [-0.1, -0.05) is 23.2 Å². The standard InChI is InChI=1S/C17H18Cl2N2O3/c1-2-23-13-4-6-14(7-5-13)24-10-9-20-17(22)21-16-11-12(18)3-8-15(16)19/h3-8,11H,2,9-10H2,1H3,(H2,20,21,22). The van der Waals surface area contributed by atoms with E-state index < -0.39 is 0 Å². The van der Waals surface area contributed by atoms with E-state index in [9.17, 15) is 4.79 Å². The van der Waals surface area contributed by atoms with Gasteiger partial charge in [-0.2, -0.15) is 0 Å². The largest absolute Gasteiger partial charge is 0.494 e. The van der Waals surface area contributed by atoms with E-state index in [1.165, 1.54) is 0 Å². The van der Waals surface area contributed by atoms with E-state index in [1.807, 2.05) is 31.2 Å². The lowest BCUT2D eigenvalue weighted by Crippen LogP contribution is -2.32. The molecule has 0 aliphatic carbocycles. The minimum Gasteiger partial charge on any atom is -0.494 e. The second kappa shape index (κ2) is 9.25. The summed E-state index contributed by atoms with van der Waals surface area (Å²) in [6.45, 7) is 3.23. The molecule has 0 aliphatic rings. The summed E-state index contributed by atoms with van der Waals surface area (Å²) in [6.07, 6.45) is 0. The Morgan fingerprint density at radius 3 is 2.38 bits per heavy atom. The first-order valence-electron chi connectivity index (χ1n) is 7.44. The number of rotatable bonds is 7. The van der Waals surface area contributed by atoms with Gasteiger partial charge in [-0.05, 0) is 49.4 Å². The molecule has 0 radical (unpaired) electrons. The summed E-state index contributed by atoms with van der Waals surface area (Å²) in [5, 5.41) is 6.22. The van der Waals surface area contributed by atoms with Crippen molar-refractivity contribution >= 4 is 34.9 Å². The fraction of sp³-hybridized carbons (Fsp3) is 0.235. The molecule has 2 amide bonds. The minimum atomic E-state index is -0.380. The summed E-state index contributed by atoms with van der Waals surface area (Å²) >= 11 is 11.8. The smallest absolute Gasteiger partial charge is 0.319 e. The van der Waals surface area contributed by atoms with Crippen molar-refractivity contribution in [3.63, 3.8) is 0 Å². The molecule has 24 heavy (non-hydrogen) atoms. The zero-order valence-corrected chi connectivity index (χ0v) is 14.7. The van der Waals surface area contributed by atoms with Crippen LogP contribution in [-0.4, -0.2) is 25.8 Å². The summed E-state index contributed by atoms with van der Waals surface area (Å²) in [7, 11) is 0. The van der Waals surface area contributed by atoms with Crippen LogP contribution in [-0.2, 0) is 0 Å². The van der Waals surface area contributed by atoms with E-state index in [2.05, 4.69) is 10.6 Å². The molecule has 2 rings (SSSR count). The molecule has 0 bridgehead atoms. The van der Waals surface area contributed by atoms with Gasteiger partial charge >= 0.3 is 6.03 Å². The van der Waals surface area contributed by atoms with Crippen LogP contribution in [0.25, 0.3) is 0 Å². The van der Waals surface area contributed by atoms with Gasteiger partial charge in [0, 0.05) is 5.02 Å². The first-order valence-corrected chi connectivity index (χ1v) is 8.19. The molecule has 0 saturated carbocycles. The van der Waals surface area contributed by atoms with Crippen molar-refractivity contribution in [1.82, 2.24) is 5.32 Å². The average molecular weight is 369 g/mol. The molecule has 0 aromatic heterocycles. The molecule has 2 aromatic rings. The zero-order valence-electron chi connectivity index (χ0n) is 13.1. The van der Waals surface area contributed by atoms with Gasteiger partial charge in [-0.3, -0.25) is 0 Å². The summed E-state index contributed by atoms with van der Waals surface area (Å²) in [5.74, 6) is 1.50. The predicted octanol–water partition coefficient (Wildman–Crippen LogP) is 4.59. The number of hydrogen-bond acceptors (Lipinski definition) is 3. The van der Waals surface area contributed by atoms with Crippen LogP contribution >= 0.6 is 23.2 Å². The highest BCUT2D eigenvalue weighted by Crippen LogP contribution is 2.25. The fourth-order valence-electron chi connectivity index (χ4n) is 1.89. The summed E-state index contributed by atoms with van der Waals surface area (Å²) < 4.78 is 10.9. The second-order valence-electron chi connectivity index (χ2n) is 4.76. The molecule has 128 valence electrons. The van der Waals surface area contributed by atoms with Crippen LogP contribution in [0.15, 0.2) is 42.5 Å². The molecule has 0 atom stereocenters. The Kier molecular flexibility index (Phi) is 7.03. The number of carbonyl (C=O) groups is 1. The van der Waals surface area contributed by atoms with Crippen molar-refractivity contribution in [2.45, 2.75) is 6.92 Å². The topological polar surface area (TPSA) is 59.6 Å². The van der Waals surface area contributed by atoms with Gasteiger partial charge in [0.2, 0.25) is 0 Å². The first-order chi connectivity index (χ1) is 11.6. The number of halogens is 2. The highest BCUT2D eigenvalue weighted by Gasteiger charge is 2.06. The van der Waals surface area contributed by atoms with Gasteiger partial charge in [0.15, 0.2) is 0 Å². The van der Waals surface area contributed by atoms with Crippen molar-refractivity contribution < 1.29 is 14.3 Å². The summed E-state index contributed by atoms with van der Waals surface area (Å²) in [4.78, 5) is 11.8. The Morgan fingerprint density at radius 1 is 1.04 bits per heavy atom. The third kappa shape index (κ3) is 5.83. The van der Waals surface area contributed by atoms with Crippen molar-refractivity contribution in [3.8, 4) is 11.5 Å². The van der Waals surface area contributed by atoms with E-state index >= 15 is 0 Å². The van der Waals surface area contributed by atoms with E-state index in [0.717, 1.165) is 5.75 Å². The van der Waals surface area contributed by atoms with Crippen molar-refractivity contribution in [2.24, 2.45) is 0 Å². The van der Waals surface area contributed by atoms with E-state index in [4.69, 9.17) is 32.7 Å². The Hall–Kier alpha value is -2.11. The third-order valence-corrected chi connectivity index (χ3v) is 3.53. The van der Waals surface area contributed by atoms with Crippen molar-refractivity contribution in [3.05, 3.63) is 52.5 Å². The van der Waals surface area contributed by atoms with E-state index in [0.29, 0.717) is 41.2 Å². The van der Waals surface area contributed by atoms with Crippen LogP contribution in [0.5, 0.6) is 11.5 Å². The number of amides is 2. The lowest BCUT2D eigenvalue weighted by atomic mass is 10.3. The summed E-state index contributed by atoms with van der Waals surface area (Å²) in [5.41, 5.74) is 0.453. The molecule has 7 heteroatoms. The van der Waals surface area contributed by atoms with Crippen LogP contribution in [0.3, 0.4) is 0 Å². The number of urea groups is 1. The zero-order chi connectivity index (χ0) is 17.4. The highest BCUT2D eigenvalue weighted by atomic mass is 35.5. The molecule has 0 saturated heterocycles. The molecule has 5 nitrogen and oxygen atoms in total. The minimum absolute atomic E-state index is 0.338. The van der Waals surface area contributed by atoms with Crippen LogP contribution in [0.1, 0.15) is 6.92 Å². The molecule has 0 aliphatic heterocycles. The van der Waals surface area contributed by atoms with Crippen LogP contribution < -0.4 is 20.1 Å². The van der Waals surface area contributed by atoms with Gasteiger partial charge in [-0.25, -0.2) is 4.79 Å². The first kappa shape index (κ1) is 18.2. The molecule has 2 aromatic carbocycles. The van der Waals surface area contributed by atoms with Crippen molar-refractivity contribution in [2.75, 3.05) is 25.1 Å². The van der Waals surface area contributed by atoms with Gasteiger partial charge in [0.1, 0.15) is 18.1 Å². The normalized spacial score (nSPS) is 10.1. The van der Waals surface area contributed by atoms with Gasteiger partial charge in [-0.15, -0.1) is 0 Å². The van der Waals surface area contributed by atoms with Gasteiger partial charge < -0.3 is 20.1 Å². The Balaban J connectivity index is 1.71. The van der Waals surface area contributed by atoms with Gasteiger partial charge in [0.25, 0.3) is 0 Å². The van der Waals surface area contributed by atoms with Crippen LogP contribution in [0, 0.1) is 0 Å². The maximum atomic E-state index is 11.8.